The minimum atomic E-state index is 0. The van der Waals surface area contributed by atoms with Crippen LogP contribution in [-0.4, -0.2) is 32.0 Å². The summed E-state index contributed by atoms with van der Waals surface area (Å²) < 4.78 is 15.7. The van der Waals surface area contributed by atoms with E-state index >= 15 is 0 Å². The molecule has 0 saturated carbocycles. The molecule has 12 heteroatoms. The zero-order valence-electron chi connectivity index (χ0n) is 90.8. The largest absolute Gasteiger partial charge is 3.00 e. The fourth-order valence-corrected chi connectivity index (χ4v) is 18.6. The van der Waals surface area contributed by atoms with Crippen LogP contribution < -0.4 is 0 Å². The third kappa shape index (κ3) is 27.9. The molecule has 0 bridgehead atoms. The Labute approximate surface area is 1010 Å². The smallest absolute Gasteiger partial charge is 0.383 e. The van der Waals surface area contributed by atoms with Gasteiger partial charge in [-0.15, -0.1) is 71.4 Å². The Hall–Kier alpha value is -10.7. The van der Waals surface area contributed by atoms with E-state index < -0.39 is 0 Å². The minimum Gasteiger partial charge on any atom is -0.383 e. The molecule has 7 nitrogen and oxygen atoms in total. The van der Waals surface area contributed by atoms with Gasteiger partial charge < -0.3 is 69.1 Å². The van der Waals surface area contributed by atoms with Gasteiger partial charge in [-0.3, -0.25) is 0 Å². The Morgan fingerprint density at radius 1 is 0.188 bits per heavy atom. The molecule has 7 aromatic heterocycles. The van der Waals surface area contributed by atoms with Crippen LogP contribution in [0.15, 0.2) is 400 Å². The monoisotopic (exact) mass is 2320 g/mol. The fourth-order valence-electron chi connectivity index (χ4n) is 18.6. The van der Waals surface area contributed by atoms with Gasteiger partial charge in [-0.25, -0.2) is 50.1 Å². The summed E-state index contributed by atoms with van der Waals surface area (Å²) in [6.07, 6.45) is 0. The first-order chi connectivity index (χ1) is 68.5. The van der Waals surface area contributed by atoms with Crippen LogP contribution in [-0.2, 0) is 212 Å². The van der Waals surface area contributed by atoms with Crippen molar-refractivity contribution >= 4 is 153 Å². The number of benzene rings is 19. The van der Waals surface area contributed by atoms with Gasteiger partial charge in [0.25, 0.3) is 0 Å². The molecule has 0 amide bonds. The first-order valence-corrected chi connectivity index (χ1v) is 48.7. The summed E-state index contributed by atoms with van der Waals surface area (Å²) >= 11 is 0. The maximum Gasteiger partial charge on any atom is 3.00 e. The standard InChI is InChI=1S/5C19H13N.C14H13N.C13H11N.5C2H6.5CH3.5Y/c1-20-17-12-6-5-10-16(17)19-15(11-7-13-18(19)20)14-8-3-2-4-9-14;2*1-20-18-10-6-5-9-16(18)17-13-15(11-12-19(17)20)14-7-3-2-4-8-14;2*1-20-18-10-6-5-9-16(18)17-12-11-15(13-19(17)20)14-7-3-2-4-8-14;1-2-15-13-9-5-3-7-11(13)12-8-4-6-10-14(12)15;1-14-12-8-4-2-6-10(12)11-7-3-5-9-13(11)14;5*1-2;;;;;;;;;;/h2-8,10,12-13H,1H3;2-7,9-10,12-13H,1H3;2-7,9-12H,1H3;2-7,9-10,12-13H,1H3;2-7,9-12H,1H3;3-10H,2H2,1H3;2-9H,1H3;5*1-2H3;5*1H3;;;;;/q5*-2;;;;;;;;5*-1;5*+3. The molecule has 732 valence electrons. The molecule has 149 heavy (non-hydrogen) atoms. The molecule has 0 spiro atoms. The number of rotatable bonds is 6. The molecule has 0 aliphatic rings. The van der Waals surface area contributed by atoms with Crippen LogP contribution >= 0.6 is 0 Å². The summed E-state index contributed by atoms with van der Waals surface area (Å²) in [6, 6.07) is 172. The quantitative estimate of drug-likeness (QED) is 0.149. The van der Waals surface area contributed by atoms with Crippen LogP contribution in [0, 0.1) is 97.8 Å². The Balaban J connectivity index is 0.000000299. The second-order valence-electron chi connectivity index (χ2n) is 32.3. The van der Waals surface area contributed by atoms with Crippen molar-refractivity contribution in [2.75, 3.05) is 0 Å². The zero-order valence-corrected chi connectivity index (χ0v) is 105. The topological polar surface area (TPSA) is 34.5 Å². The van der Waals surface area contributed by atoms with Gasteiger partial charge in [0.15, 0.2) is 0 Å². The Morgan fingerprint density at radius 2 is 0.483 bits per heavy atom. The summed E-state index contributed by atoms with van der Waals surface area (Å²) in [5.41, 5.74) is 28.5. The van der Waals surface area contributed by atoms with Crippen LogP contribution in [0.1, 0.15) is 76.2 Å². The minimum absolute atomic E-state index is 0. The molecular formula is C137H134N7Y5. The number of fused-ring (bicyclic) bond motifs is 21. The molecule has 0 aliphatic heterocycles. The van der Waals surface area contributed by atoms with E-state index in [1.54, 1.807) is 0 Å². The normalized spacial score (nSPS) is 9.94. The fraction of sp³-hybridized carbons (Fsp3) is 0.131. The van der Waals surface area contributed by atoms with E-state index in [9.17, 15) is 0 Å². The molecule has 26 rings (SSSR count). The van der Waals surface area contributed by atoms with Crippen LogP contribution in [0.2, 0.25) is 0 Å². The second-order valence-corrected chi connectivity index (χ2v) is 32.3. The van der Waals surface area contributed by atoms with Gasteiger partial charge in [0, 0.05) is 120 Å². The molecule has 19 aromatic carbocycles. The number of aryl methyl sites for hydroxylation is 7. The van der Waals surface area contributed by atoms with Crippen molar-refractivity contribution < 1.29 is 164 Å². The van der Waals surface area contributed by atoms with E-state index in [4.69, 9.17) is 0 Å². The maximum absolute atomic E-state index is 3.55. The van der Waals surface area contributed by atoms with Crippen molar-refractivity contribution in [2.24, 2.45) is 42.3 Å². The van der Waals surface area contributed by atoms with Crippen molar-refractivity contribution in [2.45, 2.75) is 82.7 Å². The summed E-state index contributed by atoms with van der Waals surface area (Å²) in [7, 11) is 12.6. The van der Waals surface area contributed by atoms with Crippen molar-refractivity contribution in [3.8, 4) is 55.6 Å². The van der Waals surface area contributed by atoms with Gasteiger partial charge in [0.1, 0.15) is 0 Å². The first-order valence-electron chi connectivity index (χ1n) is 48.7. The SMILES string of the molecule is CC.CC.CC.CC.CC.CCn1c2ccccc2c2ccccc21.Cn1c2[c-]c(-c3[c-]cccc3)ccc2c2ccccc21.Cn1c2c[c-]c(-c3[c-]cccc3)cc2c2ccccc21.Cn1c2ccc(-c3[c-]cccc3)[c-]c2c2ccccc21.Cn1c2ccccc2c2c(-c3[c-]cccc3)[c-]ccc21.Cn1c2ccccc2c2c[c-]c(-c3[c-]cccc3)cc21.Cn1c2ccccc2c2ccccc21.[CH3-].[CH3-].[CH3-].[CH3-].[CH3-].[Y+3].[Y+3].[Y+3].[Y+3].[Y+3]. The van der Waals surface area contributed by atoms with Gasteiger partial charge in [-0.2, -0.15) is 188 Å². The van der Waals surface area contributed by atoms with Gasteiger partial charge >= 0.3 is 164 Å². The van der Waals surface area contributed by atoms with Crippen LogP contribution in [0.4, 0.5) is 0 Å². The van der Waals surface area contributed by atoms with E-state index in [0.717, 1.165) is 67.7 Å². The number of para-hydroxylation sites is 9. The van der Waals surface area contributed by atoms with Crippen molar-refractivity contribution in [1.29, 1.82) is 0 Å². The maximum atomic E-state index is 3.55. The van der Waals surface area contributed by atoms with Crippen molar-refractivity contribution in [3.05, 3.63) is 498 Å². The number of nitrogens with zero attached hydrogens (tertiary/aromatic N) is 7. The van der Waals surface area contributed by atoms with E-state index in [2.05, 4.69) is 445 Å². The van der Waals surface area contributed by atoms with Gasteiger partial charge in [-0.05, 0) is 111 Å². The van der Waals surface area contributed by atoms with Crippen LogP contribution in [0.5, 0.6) is 0 Å². The summed E-state index contributed by atoms with van der Waals surface area (Å²) in [5.74, 6) is 0. The van der Waals surface area contributed by atoms with E-state index in [0.29, 0.717) is 0 Å². The van der Waals surface area contributed by atoms with Crippen LogP contribution in [0.3, 0.4) is 0 Å². The number of hydrogen-bond donors (Lipinski definition) is 0. The number of hydrogen-bond acceptors (Lipinski definition) is 0. The van der Waals surface area contributed by atoms with Crippen molar-refractivity contribution in [3.63, 3.8) is 0 Å². The van der Waals surface area contributed by atoms with Gasteiger partial charge in [0.05, 0.1) is 0 Å². The Kier molecular flexibility index (Phi) is 54.4. The third-order valence-electron chi connectivity index (χ3n) is 25.0. The summed E-state index contributed by atoms with van der Waals surface area (Å²) in [4.78, 5) is 0. The molecule has 26 aromatic rings. The van der Waals surface area contributed by atoms with Crippen LogP contribution in [0.25, 0.3) is 208 Å². The second kappa shape index (κ2) is 62.9. The zero-order chi connectivity index (χ0) is 97.4. The number of aromatic nitrogens is 7. The average Bonchev–Trinajstić information content (AvgIpc) is 1.59. The molecule has 0 radical (unpaired) electrons. The first kappa shape index (κ1) is 129. The summed E-state index contributed by atoms with van der Waals surface area (Å²) in [5, 5.41) is 18.0. The molecule has 0 fully saturated rings. The Bertz CT molecular complexity index is 8130. The molecule has 0 N–H and O–H groups in total. The predicted molar refractivity (Wildman–Crippen MR) is 632 cm³/mol. The Morgan fingerprint density at radius 3 is 0.906 bits per heavy atom. The summed E-state index contributed by atoms with van der Waals surface area (Å²) in [6.45, 7) is 23.2. The van der Waals surface area contributed by atoms with Gasteiger partial charge in [0.2, 0.25) is 0 Å². The molecule has 0 atom stereocenters. The van der Waals surface area contributed by atoms with E-state index in [1.165, 1.54) is 147 Å². The van der Waals surface area contributed by atoms with E-state index in [-0.39, 0.29) is 201 Å². The molecule has 7 heterocycles. The molecular weight excluding hydrogens is 2190 g/mol. The molecule has 0 saturated heterocycles. The van der Waals surface area contributed by atoms with Crippen molar-refractivity contribution in [1.82, 2.24) is 32.0 Å². The van der Waals surface area contributed by atoms with Gasteiger partial charge in [-0.1, -0.05) is 255 Å². The third-order valence-corrected chi connectivity index (χ3v) is 25.0. The predicted octanol–water partition coefficient (Wildman–Crippen LogP) is 37.5. The molecule has 0 unspecified atom stereocenters. The molecule has 0 aliphatic carbocycles. The van der Waals surface area contributed by atoms with E-state index in [1.807, 2.05) is 166 Å². The average molecular weight is 2320 g/mol.